The lowest BCUT2D eigenvalue weighted by atomic mass is 9.79. The van der Waals surface area contributed by atoms with Crippen LogP contribution in [-0.2, 0) is 18.6 Å². The van der Waals surface area contributed by atoms with Crippen LogP contribution in [0.4, 0.5) is 0 Å². The van der Waals surface area contributed by atoms with Crippen molar-refractivity contribution < 1.29 is 5.11 Å². The third-order valence-electron chi connectivity index (χ3n) is 5.56. The van der Waals surface area contributed by atoms with Crippen LogP contribution in [0.3, 0.4) is 0 Å². The van der Waals surface area contributed by atoms with Crippen LogP contribution in [0.2, 0.25) is 0 Å². The van der Waals surface area contributed by atoms with E-state index < -0.39 is 5.60 Å². The first-order chi connectivity index (χ1) is 14.1. The molecule has 2 nitrogen and oxygen atoms in total. The number of nitrogens with zero attached hydrogens (tertiary/aromatic N) is 1. The van der Waals surface area contributed by atoms with Gasteiger partial charge in [0.05, 0.1) is 0 Å². The second kappa shape index (κ2) is 8.20. The van der Waals surface area contributed by atoms with Crippen LogP contribution in [0.5, 0.6) is 0 Å². The van der Waals surface area contributed by atoms with Gasteiger partial charge in [0.1, 0.15) is 5.60 Å². The molecule has 2 heteroatoms. The van der Waals surface area contributed by atoms with Crippen LogP contribution in [0.25, 0.3) is 10.8 Å². The van der Waals surface area contributed by atoms with Crippen molar-refractivity contribution in [1.29, 1.82) is 0 Å². The van der Waals surface area contributed by atoms with E-state index in [2.05, 4.69) is 55.4 Å². The van der Waals surface area contributed by atoms with Crippen LogP contribution in [0, 0.1) is 0 Å². The molecule has 4 aromatic carbocycles. The number of fused-ring (bicyclic) bond motifs is 1. The molecule has 146 valence electrons. The summed E-state index contributed by atoms with van der Waals surface area (Å²) in [5, 5.41) is 14.5. The van der Waals surface area contributed by atoms with Gasteiger partial charge < -0.3 is 10.0 Å². The number of aliphatic hydroxyl groups is 1. The minimum Gasteiger partial charge on any atom is -0.380 e. The molecule has 0 aliphatic heterocycles. The molecule has 0 radical (unpaired) electrons. The Kier molecular flexibility index (Phi) is 5.48. The van der Waals surface area contributed by atoms with Crippen LogP contribution >= 0.6 is 0 Å². The molecular weight excluding hydrogens is 354 g/mol. The maximum Gasteiger partial charge on any atom is 0.119 e. The molecule has 0 amide bonds. The maximum absolute atomic E-state index is 12.0. The molecule has 0 aromatic heterocycles. The molecule has 0 aliphatic carbocycles. The second-order valence-corrected chi connectivity index (χ2v) is 7.93. The van der Waals surface area contributed by atoms with Gasteiger partial charge in [-0.1, -0.05) is 97.1 Å². The minimum absolute atomic E-state index is 0.523. The van der Waals surface area contributed by atoms with Crippen LogP contribution < -0.4 is 0 Å². The topological polar surface area (TPSA) is 23.5 Å². The summed E-state index contributed by atoms with van der Waals surface area (Å²) in [6.45, 7) is 0.830. The van der Waals surface area contributed by atoms with Crippen molar-refractivity contribution in [3.05, 3.63) is 119 Å². The molecule has 0 unspecified atom stereocenters. The normalized spacial score (nSPS) is 11.9. The first kappa shape index (κ1) is 19.4. The fraction of sp³-hybridized carbons (Fsp3) is 0.185. The lowest BCUT2D eigenvalue weighted by molar-refractivity contribution is 0.0808. The quantitative estimate of drug-likeness (QED) is 0.485. The Morgan fingerprint density at radius 2 is 1.24 bits per heavy atom. The van der Waals surface area contributed by atoms with E-state index in [1.54, 1.807) is 0 Å². The van der Waals surface area contributed by atoms with Gasteiger partial charge in [0.2, 0.25) is 0 Å². The summed E-state index contributed by atoms with van der Waals surface area (Å²) in [6, 6.07) is 32.8. The summed E-state index contributed by atoms with van der Waals surface area (Å²) >= 11 is 0. The van der Waals surface area contributed by atoms with E-state index in [1.807, 2.05) is 60.7 Å². The largest absolute Gasteiger partial charge is 0.380 e. The predicted octanol–water partition coefficient (Wildman–Crippen LogP) is 5.38. The van der Waals surface area contributed by atoms with Gasteiger partial charge in [-0.05, 0) is 47.1 Å². The minimum atomic E-state index is -1.09. The number of benzene rings is 4. The second-order valence-electron chi connectivity index (χ2n) is 7.93. The lowest BCUT2D eigenvalue weighted by Gasteiger charge is -2.31. The fourth-order valence-electron chi connectivity index (χ4n) is 4.12. The lowest BCUT2D eigenvalue weighted by Crippen LogP contribution is -2.31. The third-order valence-corrected chi connectivity index (χ3v) is 5.56. The van der Waals surface area contributed by atoms with Gasteiger partial charge >= 0.3 is 0 Å². The van der Waals surface area contributed by atoms with Crippen LogP contribution in [0.1, 0.15) is 22.3 Å². The fourth-order valence-corrected chi connectivity index (χ4v) is 4.12. The van der Waals surface area contributed by atoms with E-state index in [1.165, 1.54) is 21.9 Å². The Hall–Kier alpha value is -2.94. The maximum atomic E-state index is 12.0. The van der Waals surface area contributed by atoms with Crippen molar-refractivity contribution in [3.63, 3.8) is 0 Å². The first-order valence-corrected chi connectivity index (χ1v) is 10.1. The Balaban J connectivity index is 1.88. The van der Waals surface area contributed by atoms with E-state index in [0.717, 1.165) is 17.7 Å². The molecule has 0 fully saturated rings. The molecular formula is C27H27NO. The average molecular weight is 382 g/mol. The van der Waals surface area contributed by atoms with Gasteiger partial charge in [-0.2, -0.15) is 0 Å². The highest BCUT2D eigenvalue weighted by molar-refractivity contribution is 5.86. The summed E-state index contributed by atoms with van der Waals surface area (Å²) in [5.74, 6) is 0. The molecule has 0 saturated heterocycles. The summed E-state index contributed by atoms with van der Waals surface area (Å²) in [6.07, 6.45) is 0.523. The van der Waals surface area contributed by atoms with Gasteiger partial charge in [-0.25, -0.2) is 0 Å². The van der Waals surface area contributed by atoms with Gasteiger partial charge in [0.25, 0.3) is 0 Å². The van der Waals surface area contributed by atoms with Gasteiger partial charge in [0.15, 0.2) is 0 Å². The van der Waals surface area contributed by atoms with Crippen molar-refractivity contribution in [3.8, 4) is 0 Å². The summed E-state index contributed by atoms with van der Waals surface area (Å²) < 4.78 is 0. The van der Waals surface area contributed by atoms with Crippen molar-refractivity contribution in [2.24, 2.45) is 0 Å². The zero-order valence-electron chi connectivity index (χ0n) is 17.0. The number of hydrogen-bond acceptors (Lipinski definition) is 2. The smallest absolute Gasteiger partial charge is 0.119 e. The van der Waals surface area contributed by atoms with Crippen molar-refractivity contribution in [2.45, 2.75) is 18.6 Å². The zero-order chi connectivity index (χ0) is 20.3. The Bertz CT molecular complexity index is 1050. The molecule has 1 N–H and O–H groups in total. The first-order valence-electron chi connectivity index (χ1n) is 10.1. The zero-order valence-corrected chi connectivity index (χ0v) is 17.0. The van der Waals surface area contributed by atoms with E-state index >= 15 is 0 Å². The van der Waals surface area contributed by atoms with Crippen LogP contribution in [-0.4, -0.2) is 24.1 Å². The molecule has 0 aliphatic rings. The molecule has 0 saturated carbocycles. The molecule has 0 atom stereocenters. The molecule has 4 rings (SSSR count). The molecule has 0 spiro atoms. The highest BCUT2D eigenvalue weighted by atomic mass is 16.3. The molecule has 4 aromatic rings. The predicted molar refractivity (Wildman–Crippen MR) is 121 cm³/mol. The monoisotopic (exact) mass is 381 g/mol. The Morgan fingerprint density at radius 3 is 1.83 bits per heavy atom. The highest BCUT2D eigenvalue weighted by Gasteiger charge is 2.32. The van der Waals surface area contributed by atoms with Crippen LogP contribution in [0.15, 0.2) is 97.1 Å². The van der Waals surface area contributed by atoms with Crippen molar-refractivity contribution >= 4 is 10.8 Å². The molecule has 0 heterocycles. The molecule has 29 heavy (non-hydrogen) atoms. The highest BCUT2D eigenvalue weighted by Crippen LogP contribution is 2.35. The van der Waals surface area contributed by atoms with Gasteiger partial charge in [-0.15, -0.1) is 0 Å². The average Bonchev–Trinajstić information content (AvgIpc) is 2.76. The third kappa shape index (κ3) is 3.95. The summed E-state index contributed by atoms with van der Waals surface area (Å²) in [5.41, 5.74) is 3.18. The number of rotatable bonds is 6. The van der Waals surface area contributed by atoms with E-state index in [4.69, 9.17) is 0 Å². The van der Waals surface area contributed by atoms with E-state index in [9.17, 15) is 5.11 Å². The van der Waals surface area contributed by atoms with Crippen molar-refractivity contribution in [1.82, 2.24) is 4.90 Å². The van der Waals surface area contributed by atoms with E-state index in [0.29, 0.717) is 6.42 Å². The SMILES string of the molecule is CN(C)Cc1c(CC(O)(c2ccccc2)c2ccccc2)ccc2ccccc12. The van der Waals surface area contributed by atoms with Gasteiger partial charge in [-0.3, -0.25) is 0 Å². The van der Waals surface area contributed by atoms with Crippen molar-refractivity contribution in [2.75, 3.05) is 14.1 Å². The summed E-state index contributed by atoms with van der Waals surface area (Å²) in [4.78, 5) is 2.19. The Morgan fingerprint density at radius 1 is 0.690 bits per heavy atom. The Labute approximate surface area is 173 Å². The number of hydrogen-bond donors (Lipinski definition) is 1. The summed E-state index contributed by atoms with van der Waals surface area (Å²) in [7, 11) is 4.18. The molecule has 0 bridgehead atoms. The standard InChI is InChI=1S/C27H27NO/c1-28(2)20-26-22(18-17-21-11-9-10-16-25(21)26)19-27(29,23-12-5-3-6-13-23)24-14-7-4-8-15-24/h3-18,29H,19-20H2,1-2H3. The van der Waals surface area contributed by atoms with Gasteiger partial charge in [0, 0.05) is 13.0 Å². The van der Waals surface area contributed by atoms with E-state index in [-0.39, 0.29) is 0 Å².